The predicted molar refractivity (Wildman–Crippen MR) is 111 cm³/mol. The fourth-order valence-corrected chi connectivity index (χ4v) is 3.49. The Labute approximate surface area is 164 Å². The topological polar surface area (TPSA) is 52.7 Å². The first kappa shape index (κ1) is 21.4. The first-order valence-corrected chi connectivity index (χ1v) is 10.2. The Hall–Kier alpha value is -1.88. The van der Waals surface area contributed by atoms with Crippen molar-refractivity contribution in [3.63, 3.8) is 0 Å². The van der Waals surface area contributed by atoms with Gasteiger partial charge in [0.25, 0.3) is 0 Å². The van der Waals surface area contributed by atoms with Gasteiger partial charge in [0.1, 0.15) is 0 Å². The zero-order valence-electron chi connectivity index (χ0n) is 17.5. The average molecular weight is 374 g/mol. The van der Waals surface area contributed by atoms with Gasteiger partial charge in [-0.3, -0.25) is 14.5 Å². The summed E-state index contributed by atoms with van der Waals surface area (Å²) in [5, 5.41) is 3.13. The second-order valence-electron chi connectivity index (χ2n) is 8.02. The van der Waals surface area contributed by atoms with Gasteiger partial charge >= 0.3 is 0 Å². The van der Waals surface area contributed by atoms with E-state index in [4.69, 9.17) is 0 Å². The molecule has 0 aromatic heterocycles. The minimum Gasteiger partial charge on any atom is -0.353 e. The van der Waals surface area contributed by atoms with Crippen molar-refractivity contribution in [2.45, 2.75) is 53.5 Å². The minimum atomic E-state index is 0.0659. The summed E-state index contributed by atoms with van der Waals surface area (Å²) >= 11 is 0. The van der Waals surface area contributed by atoms with Crippen molar-refractivity contribution in [1.29, 1.82) is 0 Å². The number of likely N-dealkylation sites (N-methyl/N-ethyl adjacent to an activating group) is 1. The molecule has 2 amide bonds. The van der Waals surface area contributed by atoms with Gasteiger partial charge < -0.3 is 10.2 Å². The number of benzene rings is 1. The number of carbonyl (C=O) groups excluding carboxylic acids is 2. The third-order valence-corrected chi connectivity index (χ3v) is 5.71. The number of likely N-dealkylation sites (tertiary alicyclic amines) is 1. The molecule has 1 atom stereocenters. The molecule has 1 saturated heterocycles. The van der Waals surface area contributed by atoms with Crippen molar-refractivity contribution >= 4 is 17.5 Å². The Morgan fingerprint density at radius 3 is 2.37 bits per heavy atom. The first-order chi connectivity index (χ1) is 12.8. The lowest BCUT2D eigenvalue weighted by Crippen LogP contribution is -2.47. The van der Waals surface area contributed by atoms with Gasteiger partial charge in [-0.1, -0.05) is 32.0 Å². The van der Waals surface area contributed by atoms with Crippen molar-refractivity contribution in [3.8, 4) is 0 Å². The van der Waals surface area contributed by atoms with Crippen LogP contribution in [0.5, 0.6) is 0 Å². The fourth-order valence-electron chi connectivity index (χ4n) is 3.49. The number of nitrogens with zero attached hydrogens (tertiary/aromatic N) is 2. The Bertz CT molecular complexity index is 636. The molecule has 1 heterocycles. The largest absolute Gasteiger partial charge is 0.353 e. The van der Waals surface area contributed by atoms with E-state index in [1.54, 1.807) is 0 Å². The van der Waals surface area contributed by atoms with Crippen LogP contribution in [0, 0.1) is 18.8 Å². The molecule has 27 heavy (non-hydrogen) atoms. The highest BCUT2D eigenvalue weighted by Crippen LogP contribution is 2.21. The summed E-state index contributed by atoms with van der Waals surface area (Å²) < 4.78 is 0. The van der Waals surface area contributed by atoms with Gasteiger partial charge in [0.2, 0.25) is 11.8 Å². The quantitative estimate of drug-likeness (QED) is 0.798. The summed E-state index contributed by atoms with van der Waals surface area (Å²) in [6.07, 6.45) is 1.64. The number of rotatable bonds is 7. The molecule has 1 aromatic carbocycles. The third kappa shape index (κ3) is 5.80. The molecular formula is C22H35N3O2. The van der Waals surface area contributed by atoms with Crippen molar-refractivity contribution in [1.82, 2.24) is 10.2 Å². The Morgan fingerprint density at radius 1 is 1.19 bits per heavy atom. The van der Waals surface area contributed by atoms with E-state index < -0.39 is 0 Å². The van der Waals surface area contributed by atoms with Gasteiger partial charge in [-0.15, -0.1) is 0 Å². The average Bonchev–Trinajstić information content (AvgIpc) is 2.64. The van der Waals surface area contributed by atoms with E-state index >= 15 is 0 Å². The molecule has 1 aromatic rings. The number of carbonyl (C=O) groups is 2. The Kier molecular flexibility index (Phi) is 7.84. The standard InChI is InChI=1S/C22H35N3O2/c1-6-25(20-10-8-7-9-17(20)4)21(26)15-24-13-11-19(12-14-24)22(27)23-18(5)16(2)3/h7-10,16,18-19H,6,11-15H2,1-5H3,(H,23,27). The first-order valence-electron chi connectivity index (χ1n) is 10.2. The Balaban J connectivity index is 1.86. The number of aryl methyl sites for hydroxylation is 1. The summed E-state index contributed by atoms with van der Waals surface area (Å²) in [7, 11) is 0. The number of piperidine rings is 1. The molecule has 0 radical (unpaired) electrons. The maximum Gasteiger partial charge on any atom is 0.241 e. The molecule has 2 rings (SSSR count). The van der Waals surface area contributed by atoms with Crippen molar-refractivity contribution < 1.29 is 9.59 Å². The SMILES string of the molecule is CCN(C(=O)CN1CCC(C(=O)NC(C)C(C)C)CC1)c1ccccc1C. The highest BCUT2D eigenvalue weighted by Gasteiger charge is 2.28. The van der Waals surface area contributed by atoms with Crippen LogP contribution in [-0.2, 0) is 9.59 Å². The van der Waals surface area contributed by atoms with Crippen molar-refractivity contribution in [2.75, 3.05) is 31.1 Å². The van der Waals surface area contributed by atoms with Crippen LogP contribution in [0.3, 0.4) is 0 Å². The van der Waals surface area contributed by atoms with Gasteiger partial charge in [0.15, 0.2) is 0 Å². The molecule has 1 fully saturated rings. The van der Waals surface area contributed by atoms with Crippen LogP contribution >= 0.6 is 0 Å². The molecule has 150 valence electrons. The summed E-state index contributed by atoms with van der Waals surface area (Å²) in [6, 6.07) is 8.20. The van der Waals surface area contributed by atoms with Crippen LogP contribution in [0.25, 0.3) is 0 Å². The van der Waals surface area contributed by atoms with E-state index in [1.165, 1.54) is 0 Å². The van der Waals surface area contributed by atoms with E-state index in [0.29, 0.717) is 19.0 Å². The molecule has 1 aliphatic rings. The smallest absolute Gasteiger partial charge is 0.241 e. The maximum atomic E-state index is 12.8. The molecule has 0 spiro atoms. The van der Waals surface area contributed by atoms with E-state index in [0.717, 1.165) is 37.2 Å². The fraction of sp³-hybridized carbons (Fsp3) is 0.636. The zero-order chi connectivity index (χ0) is 20.0. The van der Waals surface area contributed by atoms with Crippen molar-refractivity contribution in [3.05, 3.63) is 29.8 Å². The number of nitrogens with one attached hydrogen (secondary N) is 1. The van der Waals surface area contributed by atoms with Crippen LogP contribution in [0.15, 0.2) is 24.3 Å². The lowest BCUT2D eigenvalue weighted by Gasteiger charge is -2.33. The third-order valence-electron chi connectivity index (χ3n) is 5.71. The predicted octanol–water partition coefficient (Wildman–Crippen LogP) is 3.22. The molecule has 0 bridgehead atoms. The van der Waals surface area contributed by atoms with Crippen LogP contribution in [0.1, 0.15) is 46.1 Å². The van der Waals surface area contributed by atoms with E-state index in [2.05, 4.69) is 31.0 Å². The summed E-state index contributed by atoms with van der Waals surface area (Å²) in [5.41, 5.74) is 2.10. The monoisotopic (exact) mass is 373 g/mol. The molecule has 1 N–H and O–H groups in total. The van der Waals surface area contributed by atoms with Crippen LogP contribution in [0.4, 0.5) is 5.69 Å². The van der Waals surface area contributed by atoms with Gasteiger partial charge in [0.05, 0.1) is 6.54 Å². The van der Waals surface area contributed by atoms with Crippen LogP contribution in [-0.4, -0.2) is 48.9 Å². The molecular weight excluding hydrogens is 338 g/mol. The second kappa shape index (κ2) is 9.88. The number of hydrogen-bond donors (Lipinski definition) is 1. The van der Waals surface area contributed by atoms with Crippen LogP contribution < -0.4 is 10.2 Å². The van der Waals surface area contributed by atoms with Gasteiger partial charge in [0, 0.05) is 24.2 Å². The summed E-state index contributed by atoms with van der Waals surface area (Å²) in [6.45, 7) is 13.0. The van der Waals surface area contributed by atoms with Crippen LogP contribution in [0.2, 0.25) is 0 Å². The zero-order valence-corrected chi connectivity index (χ0v) is 17.5. The number of anilines is 1. The van der Waals surface area contributed by atoms with Gasteiger partial charge in [-0.25, -0.2) is 0 Å². The molecule has 5 heteroatoms. The highest BCUT2D eigenvalue weighted by molar-refractivity contribution is 5.95. The minimum absolute atomic E-state index is 0.0659. The molecule has 5 nitrogen and oxygen atoms in total. The lowest BCUT2D eigenvalue weighted by molar-refractivity contribution is -0.127. The highest BCUT2D eigenvalue weighted by atomic mass is 16.2. The van der Waals surface area contributed by atoms with Crippen molar-refractivity contribution in [2.24, 2.45) is 11.8 Å². The lowest BCUT2D eigenvalue weighted by atomic mass is 9.95. The van der Waals surface area contributed by atoms with E-state index in [9.17, 15) is 9.59 Å². The molecule has 1 aliphatic heterocycles. The second-order valence-corrected chi connectivity index (χ2v) is 8.02. The van der Waals surface area contributed by atoms with Gasteiger partial charge in [-0.2, -0.15) is 0 Å². The normalized spacial score (nSPS) is 17.0. The summed E-state index contributed by atoms with van der Waals surface area (Å²) in [5.74, 6) is 0.796. The van der Waals surface area contributed by atoms with E-state index in [-0.39, 0.29) is 23.8 Å². The number of para-hydroxylation sites is 1. The summed E-state index contributed by atoms with van der Waals surface area (Å²) in [4.78, 5) is 29.3. The number of hydrogen-bond acceptors (Lipinski definition) is 3. The molecule has 0 aliphatic carbocycles. The van der Waals surface area contributed by atoms with E-state index in [1.807, 2.05) is 43.0 Å². The van der Waals surface area contributed by atoms with Gasteiger partial charge in [-0.05, 0) is 64.3 Å². The molecule has 0 saturated carbocycles. The number of amides is 2. The maximum absolute atomic E-state index is 12.8. The molecule has 1 unspecified atom stereocenters. The Morgan fingerprint density at radius 2 is 1.81 bits per heavy atom.